The molecule has 0 aliphatic carbocycles. The molecule has 1 heterocycles. The third kappa shape index (κ3) is 2.74. The highest BCUT2D eigenvalue weighted by molar-refractivity contribution is 6.30. The predicted octanol–water partition coefficient (Wildman–Crippen LogP) is 3.58. The van der Waals surface area contributed by atoms with Crippen molar-refractivity contribution in [3.8, 4) is 0 Å². The topological polar surface area (TPSA) is 12.0 Å². The number of nitrogens with one attached hydrogen (secondary N) is 1. The zero-order valence-electron chi connectivity index (χ0n) is 9.47. The van der Waals surface area contributed by atoms with Gasteiger partial charge in [0.15, 0.2) is 0 Å². The molecule has 0 spiro atoms. The van der Waals surface area contributed by atoms with E-state index in [2.05, 4.69) is 12.2 Å². The van der Waals surface area contributed by atoms with Gasteiger partial charge in [-0.1, -0.05) is 18.5 Å². The molecule has 16 heavy (non-hydrogen) atoms. The Morgan fingerprint density at radius 1 is 1.31 bits per heavy atom. The Kier molecular flexibility index (Phi) is 3.82. The van der Waals surface area contributed by atoms with E-state index in [0.717, 1.165) is 31.5 Å². The van der Waals surface area contributed by atoms with Crippen LogP contribution in [0.4, 0.5) is 4.39 Å². The third-order valence-corrected chi connectivity index (χ3v) is 3.72. The average Bonchev–Trinajstić information content (AvgIpc) is 2.28. The van der Waals surface area contributed by atoms with Crippen LogP contribution in [0.25, 0.3) is 0 Å². The molecule has 0 aromatic heterocycles. The quantitative estimate of drug-likeness (QED) is 0.835. The Morgan fingerprint density at radius 3 is 2.62 bits per heavy atom. The lowest BCUT2D eigenvalue weighted by Crippen LogP contribution is -2.30. The summed E-state index contributed by atoms with van der Waals surface area (Å²) in [5.41, 5.74) is 1.02. The number of hydrogen-bond acceptors (Lipinski definition) is 1. The fraction of sp³-hybridized carbons (Fsp3) is 0.538. The maximum Gasteiger partial charge on any atom is 0.124 e. The van der Waals surface area contributed by atoms with Gasteiger partial charge in [0.25, 0.3) is 0 Å². The Bertz CT molecular complexity index is 341. The van der Waals surface area contributed by atoms with Crippen molar-refractivity contribution in [1.29, 1.82) is 0 Å². The van der Waals surface area contributed by atoms with Crippen molar-refractivity contribution in [2.45, 2.75) is 25.7 Å². The van der Waals surface area contributed by atoms with Gasteiger partial charge >= 0.3 is 0 Å². The minimum atomic E-state index is -0.233. The van der Waals surface area contributed by atoms with Crippen LogP contribution in [0.1, 0.15) is 31.2 Å². The summed E-state index contributed by atoms with van der Waals surface area (Å²) in [6.45, 7) is 4.30. The van der Waals surface area contributed by atoms with E-state index < -0.39 is 0 Å². The SMILES string of the molecule is CC(c1cc(F)cc(Cl)c1)C1CCNCC1. The smallest absolute Gasteiger partial charge is 0.124 e. The molecular formula is C13H17ClFN. The summed E-state index contributed by atoms with van der Waals surface area (Å²) in [4.78, 5) is 0. The molecule has 1 atom stereocenters. The summed E-state index contributed by atoms with van der Waals surface area (Å²) in [7, 11) is 0. The Hall–Kier alpha value is -0.600. The number of halogens is 2. The largest absolute Gasteiger partial charge is 0.317 e. The molecule has 1 fully saturated rings. The summed E-state index contributed by atoms with van der Waals surface area (Å²) < 4.78 is 13.3. The second-order valence-electron chi connectivity index (χ2n) is 4.58. The molecule has 0 saturated carbocycles. The second-order valence-corrected chi connectivity index (χ2v) is 5.02. The molecule has 0 bridgehead atoms. The van der Waals surface area contributed by atoms with E-state index >= 15 is 0 Å². The number of piperidine rings is 1. The molecule has 1 aliphatic rings. The van der Waals surface area contributed by atoms with Gasteiger partial charge in [0.2, 0.25) is 0 Å². The van der Waals surface area contributed by atoms with Crippen LogP contribution in [0.3, 0.4) is 0 Å². The van der Waals surface area contributed by atoms with Gasteiger partial charge in [-0.25, -0.2) is 4.39 Å². The van der Waals surface area contributed by atoms with Crippen molar-refractivity contribution in [2.24, 2.45) is 5.92 Å². The molecule has 1 aliphatic heterocycles. The molecule has 0 amide bonds. The zero-order chi connectivity index (χ0) is 11.5. The van der Waals surface area contributed by atoms with Crippen LogP contribution < -0.4 is 5.32 Å². The van der Waals surface area contributed by atoms with E-state index in [1.807, 2.05) is 6.07 Å². The van der Waals surface area contributed by atoms with Gasteiger partial charge in [0.05, 0.1) is 0 Å². The van der Waals surface area contributed by atoms with Crippen LogP contribution in [0.2, 0.25) is 5.02 Å². The summed E-state index contributed by atoms with van der Waals surface area (Å²) in [5.74, 6) is 0.790. The molecule has 0 radical (unpaired) electrons. The second kappa shape index (κ2) is 5.15. The van der Waals surface area contributed by atoms with Gasteiger partial charge in [0.1, 0.15) is 5.82 Å². The fourth-order valence-electron chi connectivity index (χ4n) is 2.45. The lowest BCUT2D eigenvalue weighted by atomic mass is 9.82. The first-order valence-corrected chi connectivity index (χ1v) is 6.21. The summed E-state index contributed by atoms with van der Waals surface area (Å²) in [6, 6.07) is 4.86. The number of benzene rings is 1. The molecule has 1 unspecified atom stereocenters. The standard InChI is InChI=1S/C13H17ClFN/c1-9(10-2-4-16-5-3-10)11-6-12(14)8-13(15)7-11/h6-10,16H,2-5H2,1H3. The molecule has 3 heteroatoms. The van der Waals surface area contributed by atoms with E-state index in [1.54, 1.807) is 6.07 Å². The van der Waals surface area contributed by atoms with E-state index in [-0.39, 0.29) is 5.82 Å². The predicted molar refractivity (Wildman–Crippen MR) is 65.4 cm³/mol. The van der Waals surface area contributed by atoms with Crippen molar-refractivity contribution >= 4 is 11.6 Å². The van der Waals surface area contributed by atoms with Crippen molar-refractivity contribution in [3.63, 3.8) is 0 Å². The van der Waals surface area contributed by atoms with Gasteiger partial charge in [-0.15, -0.1) is 0 Å². The van der Waals surface area contributed by atoms with Crippen LogP contribution in [-0.2, 0) is 0 Å². The molecule has 1 aromatic rings. The first kappa shape index (κ1) is 11.9. The minimum absolute atomic E-state index is 0.233. The molecular weight excluding hydrogens is 225 g/mol. The Balaban J connectivity index is 2.15. The number of rotatable bonds is 2. The Labute approximate surface area is 101 Å². The first-order valence-electron chi connectivity index (χ1n) is 5.83. The van der Waals surface area contributed by atoms with Crippen molar-refractivity contribution in [1.82, 2.24) is 5.32 Å². The summed E-state index contributed by atoms with van der Waals surface area (Å²) in [5, 5.41) is 3.84. The molecule has 2 rings (SSSR count). The fourth-order valence-corrected chi connectivity index (χ4v) is 2.68. The monoisotopic (exact) mass is 241 g/mol. The summed E-state index contributed by atoms with van der Waals surface area (Å²) >= 11 is 5.88. The van der Waals surface area contributed by atoms with Crippen molar-refractivity contribution < 1.29 is 4.39 Å². The first-order chi connectivity index (χ1) is 7.66. The van der Waals surface area contributed by atoms with Crippen LogP contribution >= 0.6 is 11.6 Å². The van der Waals surface area contributed by atoms with Gasteiger partial charge in [-0.2, -0.15) is 0 Å². The van der Waals surface area contributed by atoms with E-state index in [4.69, 9.17) is 11.6 Å². The van der Waals surface area contributed by atoms with E-state index in [0.29, 0.717) is 16.9 Å². The maximum absolute atomic E-state index is 13.3. The van der Waals surface area contributed by atoms with Gasteiger partial charge in [-0.3, -0.25) is 0 Å². The van der Waals surface area contributed by atoms with Crippen LogP contribution in [-0.4, -0.2) is 13.1 Å². The maximum atomic E-state index is 13.3. The molecule has 1 aromatic carbocycles. The van der Waals surface area contributed by atoms with Gasteiger partial charge in [-0.05, 0) is 61.5 Å². The van der Waals surface area contributed by atoms with Crippen LogP contribution in [0.15, 0.2) is 18.2 Å². The van der Waals surface area contributed by atoms with Crippen LogP contribution in [0.5, 0.6) is 0 Å². The highest BCUT2D eigenvalue weighted by Gasteiger charge is 2.21. The minimum Gasteiger partial charge on any atom is -0.317 e. The lowest BCUT2D eigenvalue weighted by molar-refractivity contribution is 0.330. The summed E-state index contributed by atoms with van der Waals surface area (Å²) in [6.07, 6.45) is 2.32. The molecule has 1 N–H and O–H groups in total. The highest BCUT2D eigenvalue weighted by Crippen LogP contribution is 2.32. The van der Waals surface area contributed by atoms with Crippen molar-refractivity contribution in [2.75, 3.05) is 13.1 Å². The normalized spacial score (nSPS) is 19.7. The van der Waals surface area contributed by atoms with Gasteiger partial charge < -0.3 is 5.32 Å². The third-order valence-electron chi connectivity index (χ3n) is 3.50. The molecule has 1 nitrogen and oxygen atoms in total. The zero-order valence-corrected chi connectivity index (χ0v) is 10.2. The average molecular weight is 242 g/mol. The Morgan fingerprint density at radius 2 is 2.00 bits per heavy atom. The van der Waals surface area contributed by atoms with E-state index in [1.165, 1.54) is 6.07 Å². The number of hydrogen-bond donors (Lipinski definition) is 1. The van der Waals surface area contributed by atoms with Gasteiger partial charge in [0, 0.05) is 5.02 Å². The van der Waals surface area contributed by atoms with Crippen LogP contribution in [0, 0.1) is 11.7 Å². The lowest BCUT2D eigenvalue weighted by Gasteiger charge is -2.28. The highest BCUT2D eigenvalue weighted by atomic mass is 35.5. The molecule has 1 saturated heterocycles. The van der Waals surface area contributed by atoms with Crippen molar-refractivity contribution in [3.05, 3.63) is 34.6 Å². The molecule has 88 valence electrons. The van der Waals surface area contributed by atoms with E-state index in [9.17, 15) is 4.39 Å².